The van der Waals surface area contributed by atoms with E-state index in [2.05, 4.69) is 10.00 Å². The van der Waals surface area contributed by atoms with E-state index in [0.717, 1.165) is 25.8 Å². The monoisotopic (exact) mass is 251 g/mol. The topological polar surface area (TPSA) is 58.4 Å². The van der Waals surface area contributed by atoms with Crippen LogP contribution in [-0.2, 0) is 18.3 Å². The highest BCUT2D eigenvalue weighted by Crippen LogP contribution is 2.23. The van der Waals surface area contributed by atoms with E-state index in [-0.39, 0.29) is 6.54 Å². The lowest BCUT2D eigenvalue weighted by molar-refractivity contribution is -0.138. The molecule has 0 aliphatic heterocycles. The molecule has 1 saturated carbocycles. The highest BCUT2D eigenvalue weighted by molar-refractivity contribution is 5.69. The maximum Gasteiger partial charge on any atom is 0.317 e. The average Bonchev–Trinajstić information content (AvgIpc) is 2.94. The lowest BCUT2D eigenvalue weighted by Gasteiger charge is -2.26. The van der Waals surface area contributed by atoms with Crippen molar-refractivity contribution in [1.82, 2.24) is 14.7 Å². The maximum atomic E-state index is 10.9. The van der Waals surface area contributed by atoms with Crippen molar-refractivity contribution in [1.29, 1.82) is 0 Å². The van der Waals surface area contributed by atoms with Crippen LogP contribution >= 0.6 is 0 Å². The molecule has 18 heavy (non-hydrogen) atoms. The van der Waals surface area contributed by atoms with Crippen LogP contribution in [0, 0.1) is 0 Å². The number of aryl methyl sites for hydroxylation is 1. The molecule has 100 valence electrons. The number of carboxylic acids is 1. The molecule has 0 bridgehead atoms. The van der Waals surface area contributed by atoms with Gasteiger partial charge in [0.05, 0.1) is 12.7 Å². The van der Waals surface area contributed by atoms with E-state index < -0.39 is 5.97 Å². The third-order valence-corrected chi connectivity index (χ3v) is 3.63. The molecule has 5 heteroatoms. The second-order valence-electron chi connectivity index (χ2n) is 5.07. The van der Waals surface area contributed by atoms with Gasteiger partial charge in [0.25, 0.3) is 0 Å². The number of aliphatic carboxylic acids is 1. The van der Waals surface area contributed by atoms with Gasteiger partial charge in [0.1, 0.15) is 0 Å². The second-order valence-corrected chi connectivity index (χ2v) is 5.07. The molecule has 1 aromatic heterocycles. The summed E-state index contributed by atoms with van der Waals surface area (Å²) in [5.41, 5.74) is 1.17. The molecule has 0 saturated heterocycles. The summed E-state index contributed by atoms with van der Waals surface area (Å²) in [6.45, 7) is 0.966. The molecule has 5 nitrogen and oxygen atoms in total. The minimum Gasteiger partial charge on any atom is -0.480 e. The van der Waals surface area contributed by atoms with Crippen LogP contribution in [0.1, 0.15) is 31.2 Å². The quantitative estimate of drug-likeness (QED) is 0.827. The Morgan fingerprint density at radius 3 is 2.83 bits per heavy atom. The summed E-state index contributed by atoms with van der Waals surface area (Å²) < 4.78 is 1.78. The van der Waals surface area contributed by atoms with Gasteiger partial charge in [-0.05, 0) is 24.8 Å². The van der Waals surface area contributed by atoms with Crippen LogP contribution in [0.5, 0.6) is 0 Å². The number of rotatable bonds is 6. The molecule has 0 spiro atoms. The first-order valence-electron chi connectivity index (χ1n) is 6.58. The Bertz CT molecular complexity index is 397. The smallest absolute Gasteiger partial charge is 0.317 e. The van der Waals surface area contributed by atoms with Gasteiger partial charge in [-0.1, -0.05) is 12.8 Å². The molecule has 1 aliphatic carbocycles. The lowest BCUT2D eigenvalue weighted by atomic mass is 10.1. The van der Waals surface area contributed by atoms with Gasteiger partial charge in [-0.2, -0.15) is 5.10 Å². The fraction of sp³-hybridized carbons (Fsp3) is 0.692. The normalized spacial score (nSPS) is 16.6. The SMILES string of the molecule is Cn1cc(CCN(CC(=O)O)C2CCCC2)cn1. The Hall–Kier alpha value is -1.36. The molecule has 2 rings (SSSR count). The fourth-order valence-corrected chi connectivity index (χ4v) is 2.71. The lowest BCUT2D eigenvalue weighted by Crippen LogP contribution is -2.38. The van der Waals surface area contributed by atoms with Crippen LogP contribution in [0.2, 0.25) is 0 Å². The largest absolute Gasteiger partial charge is 0.480 e. The Kier molecular flexibility index (Phi) is 4.36. The first-order valence-corrected chi connectivity index (χ1v) is 6.58. The molecule has 0 amide bonds. The van der Waals surface area contributed by atoms with E-state index >= 15 is 0 Å². The number of carbonyl (C=O) groups is 1. The predicted molar refractivity (Wildman–Crippen MR) is 68.4 cm³/mol. The van der Waals surface area contributed by atoms with E-state index in [9.17, 15) is 4.79 Å². The summed E-state index contributed by atoms with van der Waals surface area (Å²) in [7, 11) is 1.90. The molecular formula is C13H21N3O2. The number of carboxylic acid groups (broad SMARTS) is 1. The molecule has 0 unspecified atom stereocenters. The highest BCUT2D eigenvalue weighted by Gasteiger charge is 2.23. The summed E-state index contributed by atoms with van der Waals surface area (Å²) in [4.78, 5) is 13.0. The zero-order chi connectivity index (χ0) is 13.0. The van der Waals surface area contributed by atoms with Gasteiger partial charge < -0.3 is 5.11 Å². The van der Waals surface area contributed by atoms with Crippen molar-refractivity contribution in [2.75, 3.05) is 13.1 Å². The average molecular weight is 251 g/mol. The molecular weight excluding hydrogens is 230 g/mol. The van der Waals surface area contributed by atoms with Crippen molar-refractivity contribution < 1.29 is 9.90 Å². The Morgan fingerprint density at radius 1 is 1.56 bits per heavy atom. The van der Waals surface area contributed by atoms with Crippen molar-refractivity contribution >= 4 is 5.97 Å². The van der Waals surface area contributed by atoms with Crippen molar-refractivity contribution in [2.24, 2.45) is 7.05 Å². The van der Waals surface area contributed by atoms with Gasteiger partial charge >= 0.3 is 5.97 Å². The Balaban J connectivity index is 1.89. The van der Waals surface area contributed by atoms with Crippen molar-refractivity contribution in [3.05, 3.63) is 18.0 Å². The summed E-state index contributed by atoms with van der Waals surface area (Å²) in [5.74, 6) is -0.729. The zero-order valence-electron chi connectivity index (χ0n) is 10.9. The fourth-order valence-electron chi connectivity index (χ4n) is 2.71. The van der Waals surface area contributed by atoms with Crippen LogP contribution in [0.3, 0.4) is 0 Å². The highest BCUT2D eigenvalue weighted by atomic mass is 16.4. The van der Waals surface area contributed by atoms with Crippen LogP contribution < -0.4 is 0 Å². The molecule has 1 aromatic rings. The van der Waals surface area contributed by atoms with Gasteiger partial charge in [0, 0.05) is 25.8 Å². The Morgan fingerprint density at radius 2 is 2.28 bits per heavy atom. The number of hydrogen-bond donors (Lipinski definition) is 1. The predicted octanol–water partition coefficient (Wildman–Crippen LogP) is 1.29. The van der Waals surface area contributed by atoms with Crippen LogP contribution in [0.4, 0.5) is 0 Å². The molecule has 1 N–H and O–H groups in total. The van der Waals surface area contributed by atoms with E-state index in [1.807, 2.05) is 19.4 Å². The first kappa shape index (κ1) is 13.1. The first-order chi connectivity index (χ1) is 8.65. The molecule has 0 aromatic carbocycles. The zero-order valence-corrected chi connectivity index (χ0v) is 10.9. The molecule has 1 heterocycles. The van der Waals surface area contributed by atoms with Gasteiger partial charge in [-0.25, -0.2) is 0 Å². The number of aromatic nitrogens is 2. The van der Waals surface area contributed by atoms with E-state index in [0.29, 0.717) is 6.04 Å². The minimum absolute atomic E-state index is 0.158. The molecule has 0 radical (unpaired) electrons. The summed E-state index contributed by atoms with van der Waals surface area (Å²) in [5, 5.41) is 13.1. The number of hydrogen-bond acceptors (Lipinski definition) is 3. The van der Waals surface area contributed by atoms with Crippen molar-refractivity contribution in [2.45, 2.75) is 38.1 Å². The Labute approximate surface area is 107 Å². The summed E-state index contributed by atoms with van der Waals surface area (Å²) in [6, 6.07) is 0.456. The maximum absolute atomic E-state index is 10.9. The van der Waals surface area contributed by atoms with Gasteiger partial charge in [-0.15, -0.1) is 0 Å². The standard InChI is InChI=1S/C13H21N3O2/c1-15-9-11(8-14-15)6-7-16(10-13(17)18)12-4-2-3-5-12/h8-9,12H,2-7,10H2,1H3,(H,17,18). The van der Waals surface area contributed by atoms with Gasteiger partial charge in [0.15, 0.2) is 0 Å². The summed E-state index contributed by atoms with van der Waals surface area (Å²) >= 11 is 0. The molecule has 1 fully saturated rings. The van der Waals surface area contributed by atoms with Crippen LogP contribution in [-0.4, -0.2) is 44.9 Å². The third-order valence-electron chi connectivity index (χ3n) is 3.63. The second kappa shape index (κ2) is 6.00. The summed E-state index contributed by atoms with van der Waals surface area (Å²) in [6.07, 6.45) is 9.46. The number of nitrogens with zero attached hydrogens (tertiary/aromatic N) is 3. The third kappa shape index (κ3) is 3.57. The van der Waals surface area contributed by atoms with E-state index in [4.69, 9.17) is 5.11 Å². The van der Waals surface area contributed by atoms with E-state index in [1.165, 1.54) is 18.4 Å². The van der Waals surface area contributed by atoms with Crippen molar-refractivity contribution in [3.63, 3.8) is 0 Å². The van der Waals surface area contributed by atoms with Crippen molar-refractivity contribution in [3.8, 4) is 0 Å². The van der Waals surface area contributed by atoms with E-state index in [1.54, 1.807) is 4.68 Å². The van der Waals surface area contributed by atoms with Gasteiger partial charge in [0.2, 0.25) is 0 Å². The van der Waals surface area contributed by atoms with Crippen LogP contribution in [0.25, 0.3) is 0 Å². The van der Waals surface area contributed by atoms with Gasteiger partial charge in [-0.3, -0.25) is 14.4 Å². The van der Waals surface area contributed by atoms with Crippen LogP contribution in [0.15, 0.2) is 12.4 Å². The molecule has 0 atom stereocenters. The molecule has 1 aliphatic rings. The minimum atomic E-state index is -0.729.